The molecule has 0 spiro atoms. The van der Waals surface area contributed by atoms with E-state index in [0.29, 0.717) is 32.7 Å². The maximum absolute atomic E-state index is 12.5. The lowest BCUT2D eigenvalue weighted by Gasteiger charge is -2.34. The Labute approximate surface area is 148 Å². The fourth-order valence-corrected chi connectivity index (χ4v) is 2.81. The highest BCUT2D eigenvalue weighted by atomic mass is 16.2. The van der Waals surface area contributed by atoms with Gasteiger partial charge in [-0.15, -0.1) is 0 Å². The number of carbonyl (C=O) groups excluding carboxylic acids is 1. The molecule has 0 radical (unpaired) electrons. The van der Waals surface area contributed by atoms with Crippen molar-refractivity contribution >= 4 is 5.91 Å². The molecule has 5 N–H and O–H groups in total. The molecule has 1 heterocycles. The van der Waals surface area contributed by atoms with Crippen LogP contribution in [0.4, 0.5) is 0 Å². The van der Waals surface area contributed by atoms with E-state index >= 15 is 0 Å². The molecule has 1 saturated heterocycles. The van der Waals surface area contributed by atoms with Crippen LogP contribution in [-0.2, 0) is 17.9 Å². The summed E-state index contributed by atoms with van der Waals surface area (Å²) in [6.45, 7) is 5.31. The molecule has 0 atom stereocenters. The number of nitrogens with two attached hydrogens (primary N) is 2. The second-order valence-corrected chi connectivity index (χ2v) is 6.00. The molecule has 1 aromatic carbocycles. The first-order valence-electron chi connectivity index (χ1n) is 8.51. The molecule has 25 heavy (non-hydrogen) atoms. The molecule has 7 nitrogen and oxygen atoms in total. The molecule has 1 amide bonds. The van der Waals surface area contributed by atoms with E-state index in [0.717, 1.165) is 30.8 Å². The average Bonchev–Trinajstić information content (AvgIpc) is 2.66. The van der Waals surface area contributed by atoms with Gasteiger partial charge in [-0.2, -0.15) is 5.26 Å². The van der Waals surface area contributed by atoms with Crippen molar-refractivity contribution in [3.63, 3.8) is 0 Å². The van der Waals surface area contributed by atoms with Crippen molar-refractivity contribution in [3.8, 4) is 6.07 Å². The fraction of sp³-hybridized carbons (Fsp3) is 0.444. The number of amides is 1. The maximum Gasteiger partial charge on any atom is 0.266 e. The third-order valence-electron chi connectivity index (χ3n) is 4.24. The minimum Gasteiger partial charge on any atom is -0.386 e. The van der Waals surface area contributed by atoms with Crippen molar-refractivity contribution in [2.24, 2.45) is 11.5 Å². The zero-order chi connectivity index (χ0) is 18.1. The van der Waals surface area contributed by atoms with Crippen LogP contribution in [0.3, 0.4) is 0 Å². The largest absolute Gasteiger partial charge is 0.386 e. The van der Waals surface area contributed by atoms with E-state index < -0.39 is 0 Å². The molecule has 0 bridgehead atoms. The number of nitrogens with zero attached hydrogens (tertiary/aromatic N) is 3. The van der Waals surface area contributed by atoms with Gasteiger partial charge in [0.15, 0.2) is 0 Å². The molecule has 0 aromatic heterocycles. The van der Waals surface area contributed by atoms with Gasteiger partial charge in [-0.1, -0.05) is 24.3 Å². The molecule has 7 heteroatoms. The number of hydrogen-bond donors (Lipinski definition) is 3. The molecule has 1 fully saturated rings. The summed E-state index contributed by atoms with van der Waals surface area (Å²) in [4.78, 5) is 16.4. The van der Waals surface area contributed by atoms with Gasteiger partial charge in [0.05, 0.1) is 0 Å². The predicted octanol–water partition coefficient (Wildman–Crippen LogP) is -0.255. The molecule has 0 aliphatic carbocycles. The summed E-state index contributed by atoms with van der Waals surface area (Å²) >= 11 is 0. The van der Waals surface area contributed by atoms with Crippen LogP contribution in [0, 0.1) is 11.3 Å². The van der Waals surface area contributed by atoms with Gasteiger partial charge in [0.25, 0.3) is 5.91 Å². The van der Waals surface area contributed by atoms with Crippen LogP contribution in [0.15, 0.2) is 36.0 Å². The SMILES string of the molecule is N#C/C(=C/NCc1cccc(CN)c1)C(=O)N1CCN(CCN)CC1. The summed E-state index contributed by atoms with van der Waals surface area (Å²) in [5.74, 6) is -0.224. The maximum atomic E-state index is 12.5. The van der Waals surface area contributed by atoms with Gasteiger partial charge in [0, 0.05) is 58.6 Å². The Morgan fingerprint density at radius 2 is 1.96 bits per heavy atom. The van der Waals surface area contributed by atoms with Crippen LogP contribution in [0.25, 0.3) is 0 Å². The van der Waals surface area contributed by atoms with Crippen LogP contribution in [0.2, 0.25) is 0 Å². The Hall–Kier alpha value is -2.40. The summed E-state index contributed by atoms with van der Waals surface area (Å²) in [6.07, 6.45) is 1.50. The summed E-state index contributed by atoms with van der Waals surface area (Å²) in [5.41, 5.74) is 13.4. The molecule has 0 unspecified atom stereocenters. The van der Waals surface area contributed by atoms with E-state index in [1.54, 1.807) is 4.90 Å². The van der Waals surface area contributed by atoms with Gasteiger partial charge in [0.2, 0.25) is 0 Å². The fourth-order valence-electron chi connectivity index (χ4n) is 2.81. The summed E-state index contributed by atoms with van der Waals surface area (Å²) in [6, 6.07) is 9.89. The van der Waals surface area contributed by atoms with E-state index in [-0.39, 0.29) is 11.5 Å². The topological polar surface area (TPSA) is 111 Å². The van der Waals surface area contributed by atoms with Crippen LogP contribution < -0.4 is 16.8 Å². The molecule has 1 aromatic rings. The lowest BCUT2D eigenvalue weighted by molar-refractivity contribution is -0.128. The highest BCUT2D eigenvalue weighted by molar-refractivity contribution is 5.97. The van der Waals surface area contributed by atoms with E-state index in [1.165, 1.54) is 6.20 Å². The first-order chi connectivity index (χ1) is 12.2. The van der Waals surface area contributed by atoms with Gasteiger partial charge in [-0.05, 0) is 11.1 Å². The Kier molecular flexibility index (Phi) is 7.41. The highest BCUT2D eigenvalue weighted by Gasteiger charge is 2.23. The van der Waals surface area contributed by atoms with Gasteiger partial charge >= 0.3 is 0 Å². The van der Waals surface area contributed by atoms with Crippen LogP contribution in [0.1, 0.15) is 11.1 Å². The Balaban J connectivity index is 1.89. The number of hydrogen-bond acceptors (Lipinski definition) is 6. The summed E-state index contributed by atoms with van der Waals surface area (Å²) in [7, 11) is 0. The first kappa shape index (κ1) is 18.9. The zero-order valence-corrected chi connectivity index (χ0v) is 14.4. The number of carbonyl (C=O) groups is 1. The lowest BCUT2D eigenvalue weighted by Crippen LogP contribution is -2.50. The minimum absolute atomic E-state index is 0.127. The molecule has 1 aliphatic rings. The van der Waals surface area contributed by atoms with E-state index in [1.807, 2.05) is 30.3 Å². The first-order valence-corrected chi connectivity index (χ1v) is 8.51. The Morgan fingerprint density at radius 3 is 2.60 bits per heavy atom. The smallest absolute Gasteiger partial charge is 0.266 e. The highest BCUT2D eigenvalue weighted by Crippen LogP contribution is 2.07. The standard InChI is InChI=1S/C18H26N6O/c19-4-5-23-6-8-24(9-7-23)18(25)17(12-21)14-22-13-16-3-1-2-15(10-16)11-20/h1-3,10,14,22H,4-9,11,13,19-20H2/b17-14-. The van der Waals surface area contributed by atoms with Crippen molar-refractivity contribution in [2.45, 2.75) is 13.1 Å². The number of nitriles is 1. The second kappa shape index (κ2) is 9.79. The third kappa shape index (κ3) is 5.57. The third-order valence-corrected chi connectivity index (χ3v) is 4.24. The molecular weight excluding hydrogens is 316 g/mol. The number of benzene rings is 1. The number of piperazine rings is 1. The van der Waals surface area contributed by atoms with Crippen molar-refractivity contribution < 1.29 is 4.79 Å². The summed E-state index contributed by atoms with van der Waals surface area (Å²) in [5, 5.41) is 12.3. The Bertz CT molecular complexity index is 643. The van der Waals surface area contributed by atoms with Crippen LogP contribution in [0.5, 0.6) is 0 Å². The van der Waals surface area contributed by atoms with Gasteiger partial charge < -0.3 is 21.7 Å². The molecule has 134 valence electrons. The lowest BCUT2D eigenvalue weighted by atomic mass is 10.1. The van der Waals surface area contributed by atoms with Crippen molar-refractivity contribution in [2.75, 3.05) is 39.3 Å². The van der Waals surface area contributed by atoms with E-state index in [9.17, 15) is 10.1 Å². The Morgan fingerprint density at radius 1 is 1.24 bits per heavy atom. The van der Waals surface area contributed by atoms with Gasteiger partial charge in [-0.3, -0.25) is 9.69 Å². The number of rotatable bonds is 7. The van der Waals surface area contributed by atoms with Gasteiger partial charge in [0.1, 0.15) is 11.6 Å². The summed E-state index contributed by atoms with van der Waals surface area (Å²) < 4.78 is 0. The van der Waals surface area contributed by atoms with Crippen LogP contribution in [-0.4, -0.2) is 55.0 Å². The van der Waals surface area contributed by atoms with E-state index in [2.05, 4.69) is 10.2 Å². The quantitative estimate of drug-likeness (QED) is 0.465. The van der Waals surface area contributed by atoms with Crippen molar-refractivity contribution in [1.29, 1.82) is 5.26 Å². The normalized spacial score (nSPS) is 15.7. The molecule has 0 saturated carbocycles. The second-order valence-electron chi connectivity index (χ2n) is 6.00. The van der Waals surface area contributed by atoms with Crippen LogP contribution >= 0.6 is 0 Å². The zero-order valence-electron chi connectivity index (χ0n) is 14.4. The van der Waals surface area contributed by atoms with Crippen molar-refractivity contribution in [3.05, 3.63) is 47.2 Å². The van der Waals surface area contributed by atoms with Gasteiger partial charge in [-0.25, -0.2) is 0 Å². The van der Waals surface area contributed by atoms with E-state index in [4.69, 9.17) is 11.5 Å². The average molecular weight is 342 g/mol. The minimum atomic E-state index is -0.224. The molecular formula is C18H26N6O. The number of nitrogens with one attached hydrogen (secondary N) is 1. The molecule has 2 rings (SSSR count). The van der Waals surface area contributed by atoms with Crippen molar-refractivity contribution in [1.82, 2.24) is 15.1 Å². The molecule has 1 aliphatic heterocycles. The predicted molar refractivity (Wildman–Crippen MR) is 96.9 cm³/mol. The monoisotopic (exact) mass is 342 g/mol.